The molecular weight excluding hydrogens is 449 g/mol. The molecule has 2 aromatic carbocycles. The van der Waals surface area contributed by atoms with Crippen LogP contribution in [0.4, 0.5) is 0 Å². The fraction of sp³-hybridized carbons (Fsp3) is 0.409. The van der Waals surface area contributed by atoms with Gasteiger partial charge in [0.2, 0.25) is 0 Å². The summed E-state index contributed by atoms with van der Waals surface area (Å²) in [7, 11) is 0. The van der Waals surface area contributed by atoms with Gasteiger partial charge in [-0.05, 0) is 43.0 Å². The minimum absolute atomic E-state index is 0. The Bertz CT molecular complexity index is 783. The first-order valence-electron chi connectivity index (χ1n) is 9.56. The van der Waals surface area contributed by atoms with E-state index in [2.05, 4.69) is 73.0 Å². The Morgan fingerprint density at radius 1 is 1.19 bits per heavy atom. The Balaban J connectivity index is 0.00000261. The topological polar surface area (TPSA) is 45.7 Å². The highest BCUT2D eigenvalue weighted by atomic mass is 127. The van der Waals surface area contributed by atoms with E-state index in [-0.39, 0.29) is 30.0 Å². The lowest BCUT2D eigenvalue weighted by atomic mass is 10.00. The molecule has 0 aromatic heterocycles. The van der Waals surface area contributed by atoms with E-state index in [1.165, 1.54) is 21.9 Å². The van der Waals surface area contributed by atoms with Gasteiger partial charge in [0, 0.05) is 13.1 Å². The van der Waals surface area contributed by atoms with Crippen LogP contribution in [0, 0.1) is 0 Å². The maximum Gasteiger partial charge on any atom is 0.191 e. The Morgan fingerprint density at radius 2 is 2.00 bits per heavy atom. The van der Waals surface area contributed by atoms with Crippen molar-refractivity contribution in [2.75, 3.05) is 26.3 Å². The first-order chi connectivity index (χ1) is 12.8. The molecule has 1 atom stereocenters. The van der Waals surface area contributed by atoms with E-state index in [1.807, 2.05) is 0 Å². The summed E-state index contributed by atoms with van der Waals surface area (Å²) in [4.78, 5) is 4.77. The molecule has 0 spiro atoms. The zero-order valence-corrected chi connectivity index (χ0v) is 18.5. The summed E-state index contributed by atoms with van der Waals surface area (Å²) in [6, 6.07) is 15.2. The van der Waals surface area contributed by atoms with Gasteiger partial charge in [-0.2, -0.15) is 0 Å². The zero-order chi connectivity index (χ0) is 18.2. The van der Waals surface area contributed by atoms with Crippen molar-refractivity contribution in [1.29, 1.82) is 0 Å². The Kier molecular flexibility index (Phi) is 9.07. The summed E-state index contributed by atoms with van der Waals surface area (Å²) in [5, 5.41) is 9.48. The van der Waals surface area contributed by atoms with Crippen molar-refractivity contribution in [3.8, 4) is 0 Å². The van der Waals surface area contributed by atoms with Crippen molar-refractivity contribution >= 4 is 40.7 Å². The molecule has 2 N–H and O–H groups in total. The Labute approximate surface area is 179 Å². The van der Waals surface area contributed by atoms with Gasteiger partial charge in [0.15, 0.2) is 5.96 Å². The van der Waals surface area contributed by atoms with Crippen molar-refractivity contribution < 1.29 is 4.74 Å². The fourth-order valence-electron chi connectivity index (χ4n) is 3.33. The second kappa shape index (κ2) is 11.3. The van der Waals surface area contributed by atoms with Crippen LogP contribution in [-0.4, -0.2) is 32.3 Å². The van der Waals surface area contributed by atoms with E-state index in [0.717, 1.165) is 45.1 Å². The zero-order valence-electron chi connectivity index (χ0n) is 16.2. The van der Waals surface area contributed by atoms with Crippen molar-refractivity contribution in [2.45, 2.75) is 32.7 Å². The van der Waals surface area contributed by atoms with E-state index < -0.39 is 0 Å². The monoisotopic (exact) mass is 479 g/mol. The molecule has 5 heteroatoms. The molecule has 2 aromatic rings. The fourth-order valence-corrected chi connectivity index (χ4v) is 3.33. The number of nitrogens with zero attached hydrogens (tertiary/aromatic N) is 1. The summed E-state index contributed by atoms with van der Waals surface area (Å²) in [5.41, 5.74) is 2.75. The SMILES string of the molecule is CCNC(=NCCC1=CCOCC1)NC(C)c1cccc2ccccc12.I. The van der Waals surface area contributed by atoms with Crippen LogP contribution in [0.1, 0.15) is 38.3 Å². The van der Waals surface area contributed by atoms with Crippen molar-refractivity contribution in [2.24, 2.45) is 4.99 Å². The van der Waals surface area contributed by atoms with E-state index in [0.29, 0.717) is 0 Å². The van der Waals surface area contributed by atoms with Crippen LogP contribution in [0.15, 0.2) is 59.1 Å². The predicted molar refractivity (Wildman–Crippen MR) is 125 cm³/mol. The van der Waals surface area contributed by atoms with E-state index in [9.17, 15) is 0 Å². The van der Waals surface area contributed by atoms with Crippen molar-refractivity contribution in [1.82, 2.24) is 10.6 Å². The number of fused-ring (bicyclic) bond motifs is 1. The van der Waals surface area contributed by atoms with Gasteiger partial charge in [-0.1, -0.05) is 54.1 Å². The lowest BCUT2D eigenvalue weighted by molar-refractivity contribution is 0.153. The number of halogens is 1. The third-order valence-electron chi connectivity index (χ3n) is 4.75. The second-order valence-electron chi connectivity index (χ2n) is 6.63. The van der Waals surface area contributed by atoms with Crippen LogP contribution in [0.25, 0.3) is 10.8 Å². The quantitative estimate of drug-likeness (QED) is 0.271. The molecule has 0 bridgehead atoms. The van der Waals surface area contributed by atoms with Crippen molar-refractivity contribution in [3.05, 3.63) is 59.7 Å². The highest BCUT2D eigenvalue weighted by Gasteiger charge is 2.11. The average Bonchev–Trinajstić information content (AvgIpc) is 2.68. The number of nitrogens with one attached hydrogen (secondary N) is 2. The summed E-state index contributed by atoms with van der Waals surface area (Å²) < 4.78 is 5.37. The summed E-state index contributed by atoms with van der Waals surface area (Å²) in [6.07, 6.45) is 4.23. The molecule has 1 heterocycles. The summed E-state index contributed by atoms with van der Waals surface area (Å²) in [6.45, 7) is 7.52. The summed E-state index contributed by atoms with van der Waals surface area (Å²) in [5.74, 6) is 0.876. The van der Waals surface area contributed by atoms with Crippen LogP contribution >= 0.6 is 24.0 Å². The van der Waals surface area contributed by atoms with Gasteiger partial charge >= 0.3 is 0 Å². The minimum Gasteiger partial charge on any atom is -0.377 e. The third kappa shape index (κ3) is 6.21. The van der Waals surface area contributed by atoms with Crippen LogP contribution < -0.4 is 10.6 Å². The number of guanidine groups is 1. The molecule has 146 valence electrons. The molecule has 27 heavy (non-hydrogen) atoms. The van der Waals surface area contributed by atoms with Crippen LogP contribution in [0.2, 0.25) is 0 Å². The molecule has 4 nitrogen and oxygen atoms in total. The maximum absolute atomic E-state index is 5.37. The number of aliphatic imine (C=N–C) groups is 1. The lowest BCUT2D eigenvalue weighted by Gasteiger charge is -2.20. The second-order valence-corrected chi connectivity index (χ2v) is 6.63. The third-order valence-corrected chi connectivity index (χ3v) is 4.75. The number of ether oxygens (including phenoxy) is 1. The maximum atomic E-state index is 5.37. The van der Waals surface area contributed by atoms with Gasteiger partial charge in [-0.25, -0.2) is 0 Å². The first-order valence-corrected chi connectivity index (χ1v) is 9.56. The van der Waals surface area contributed by atoms with E-state index >= 15 is 0 Å². The first kappa shape index (κ1) is 21.7. The lowest BCUT2D eigenvalue weighted by Crippen LogP contribution is -2.38. The van der Waals surface area contributed by atoms with Gasteiger partial charge in [0.25, 0.3) is 0 Å². The molecule has 0 radical (unpaired) electrons. The largest absolute Gasteiger partial charge is 0.377 e. The van der Waals surface area contributed by atoms with Crippen LogP contribution in [0.5, 0.6) is 0 Å². The van der Waals surface area contributed by atoms with Gasteiger partial charge in [0.05, 0.1) is 19.3 Å². The van der Waals surface area contributed by atoms with Gasteiger partial charge in [-0.3, -0.25) is 4.99 Å². The molecule has 1 aliphatic rings. The Hall–Kier alpha value is -1.60. The number of benzene rings is 2. The highest BCUT2D eigenvalue weighted by Crippen LogP contribution is 2.24. The molecule has 0 fully saturated rings. The predicted octanol–water partition coefficient (Wildman–Crippen LogP) is 4.81. The molecule has 0 aliphatic carbocycles. The molecular formula is C22H30IN3O. The number of hydrogen-bond donors (Lipinski definition) is 2. The standard InChI is InChI=1S/C22H29N3O.HI/c1-3-23-22(24-14-11-18-12-15-26-16-13-18)25-17(2)20-10-6-8-19-7-4-5-9-21(19)20;/h4-10,12,17H,3,11,13-16H2,1-2H3,(H2,23,24,25);1H. The Morgan fingerprint density at radius 3 is 2.78 bits per heavy atom. The smallest absolute Gasteiger partial charge is 0.191 e. The van der Waals surface area contributed by atoms with Gasteiger partial charge in [-0.15, -0.1) is 24.0 Å². The number of hydrogen-bond acceptors (Lipinski definition) is 2. The van der Waals surface area contributed by atoms with E-state index in [1.54, 1.807) is 0 Å². The van der Waals surface area contributed by atoms with Crippen LogP contribution in [-0.2, 0) is 4.74 Å². The van der Waals surface area contributed by atoms with Gasteiger partial charge in [0.1, 0.15) is 0 Å². The molecule has 3 rings (SSSR count). The number of rotatable bonds is 6. The van der Waals surface area contributed by atoms with E-state index in [4.69, 9.17) is 9.73 Å². The van der Waals surface area contributed by atoms with Crippen LogP contribution in [0.3, 0.4) is 0 Å². The molecule has 1 aliphatic heterocycles. The van der Waals surface area contributed by atoms with Crippen molar-refractivity contribution in [3.63, 3.8) is 0 Å². The molecule has 0 saturated heterocycles. The molecule has 1 unspecified atom stereocenters. The molecule has 0 saturated carbocycles. The highest BCUT2D eigenvalue weighted by molar-refractivity contribution is 14.0. The average molecular weight is 479 g/mol. The molecule has 0 amide bonds. The normalized spacial score (nSPS) is 15.6. The van der Waals surface area contributed by atoms with Gasteiger partial charge < -0.3 is 15.4 Å². The summed E-state index contributed by atoms with van der Waals surface area (Å²) >= 11 is 0. The minimum atomic E-state index is 0.